The second-order valence-electron chi connectivity index (χ2n) is 3.58. The van der Waals surface area contributed by atoms with E-state index >= 15 is 0 Å². The molecule has 17 heavy (non-hydrogen) atoms. The smallest absolute Gasteiger partial charge is 0.210 e. The molecule has 0 unspecified atom stereocenters. The summed E-state index contributed by atoms with van der Waals surface area (Å²) < 4.78 is 26.9. The van der Waals surface area contributed by atoms with Gasteiger partial charge < -0.3 is 10.1 Å². The minimum atomic E-state index is -3.39. The molecule has 0 aliphatic rings. The number of benzene rings is 1. The molecular weight excluding hydrogens is 240 g/mol. The quantitative estimate of drug-likeness (QED) is 0.696. The third-order valence-corrected chi connectivity index (χ3v) is 2.92. The highest BCUT2D eigenvalue weighted by molar-refractivity contribution is 7.89. The van der Waals surface area contributed by atoms with Crippen LogP contribution in [0.25, 0.3) is 0 Å². The molecule has 0 aliphatic heterocycles. The molecule has 6 heteroatoms. The predicted octanol–water partition coefficient (Wildman–Crippen LogP) is 0.463. The summed E-state index contributed by atoms with van der Waals surface area (Å²) in [6.45, 7) is 3.42. The average molecular weight is 258 g/mol. The summed E-state index contributed by atoms with van der Waals surface area (Å²) in [7, 11) is -3.39. The largest absolute Gasteiger partial charge is 0.494 e. The van der Waals surface area contributed by atoms with Gasteiger partial charge >= 0.3 is 0 Å². The normalized spacial score (nSPS) is 11.4. The van der Waals surface area contributed by atoms with Gasteiger partial charge in [-0.25, -0.2) is 13.6 Å². The van der Waals surface area contributed by atoms with E-state index in [-0.39, 0.29) is 5.75 Å². The fraction of sp³-hybridized carbons (Fsp3) is 0.455. The Morgan fingerprint density at radius 2 is 2.06 bits per heavy atom. The maximum absolute atomic E-state index is 10.7. The number of sulfonamides is 1. The number of hydrogen-bond donors (Lipinski definition) is 2. The first-order chi connectivity index (χ1) is 8.03. The van der Waals surface area contributed by atoms with Gasteiger partial charge in [-0.05, 0) is 13.0 Å². The fourth-order valence-electron chi connectivity index (χ4n) is 1.38. The highest BCUT2D eigenvalue weighted by Gasteiger charge is 2.04. The highest BCUT2D eigenvalue weighted by Crippen LogP contribution is 2.17. The average Bonchev–Trinajstić information content (AvgIpc) is 2.25. The van der Waals surface area contributed by atoms with Crippen molar-refractivity contribution in [3.8, 4) is 5.75 Å². The van der Waals surface area contributed by atoms with Crippen molar-refractivity contribution in [1.82, 2.24) is 5.32 Å². The van der Waals surface area contributed by atoms with Crippen LogP contribution < -0.4 is 15.2 Å². The summed E-state index contributed by atoms with van der Waals surface area (Å²) in [5.74, 6) is 0.752. The molecule has 1 aromatic carbocycles. The minimum Gasteiger partial charge on any atom is -0.494 e. The zero-order chi connectivity index (χ0) is 12.7. The maximum Gasteiger partial charge on any atom is 0.210 e. The van der Waals surface area contributed by atoms with Crippen LogP contribution >= 0.6 is 0 Å². The first kappa shape index (κ1) is 14.0. The molecule has 96 valence electrons. The van der Waals surface area contributed by atoms with Gasteiger partial charge in [-0.3, -0.25) is 0 Å². The minimum absolute atomic E-state index is 0.0657. The van der Waals surface area contributed by atoms with E-state index in [9.17, 15) is 8.42 Å². The summed E-state index contributed by atoms with van der Waals surface area (Å²) in [6, 6.07) is 7.65. The molecule has 0 fully saturated rings. The van der Waals surface area contributed by atoms with Crippen molar-refractivity contribution in [2.24, 2.45) is 5.14 Å². The topological polar surface area (TPSA) is 81.4 Å². The van der Waals surface area contributed by atoms with Crippen molar-refractivity contribution in [1.29, 1.82) is 0 Å². The summed E-state index contributed by atoms with van der Waals surface area (Å²) >= 11 is 0. The van der Waals surface area contributed by atoms with E-state index < -0.39 is 10.0 Å². The fourth-order valence-corrected chi connectivity index (χ4v) is 1.81. The molecule has 0 heterocycles. The van der Waals surface area contributed by atoms with Crippen molar-refractivity contribution in [3.05, 3.63) is 29.8 Å². The first-order valence-electron chi connectivity index (χ1n) is 5.45. The lowest BCUT2D eigenvalue weighted by atomic mass is 10.2. The number of ether oxygens (including phenoxy) is 1. The van der Waals surface area contributed by atoms with Crippen LogP contribution in [-0.4, -0.2) is 27.3 Å². The van der Waals surface area contributed by atoms with Gasteiger partial charge in [0.25, 0.3) is 0 Å². The molecular formula is C11H18N2O3S. The van der Waals surface area contributed by atoms with E-state index in [1.54, 1.807) is 0 Å². The van der Waals surface area contributed by atoms with Crippen LogP contribution in [0.1, 0.15) is 12.5 Å². The zero-order valence-corrected chi connectivity index (χ0v) is 10.7. The second-order valence-corrected chi connectivity index (χ2v) is 5.32. The molecule has 0 aromatic heterocycles. The van der Waals surface area contributed by atoms with Gasteiger partial charge in [0.05, 0.1) is 12.4 Å². The van der Waals surface area contributed by atoms with E-state index in [2.05, 4.69) is 5.32 Å². The van der Waals surface area contributed by atoms with Gasteiger partial charge in [0, 0.05) is 18.7 Å². The Hall–Kier alpha value is -1.11. The van der Waals surface area contributed by atoms with Gasteiger partial charge in [-0.15, -0.1) is 0 Å². The van der Waals surface area contributed by atoms with E-state index in [0.717, 1.165) is 11.3 Å². The second kappa shape index (κ2) is 6.58. The van der Waals surface area contributed by atoms with Crippen molar-refractivity contribution in [3.63, 3.8) is 0 Å². The molecule has 0 radical (unpaired) electrons. The van der Waals surface area contributed by atoms with E-state index in [4.69, 9.17) is 9.88 Å². The summed E-state index contributed by atoms with van der Waals surface area (Å²) in [4.78, 5) is 0. The Morgan fingerprint density at radius 1 is 1.35 bits per heavy atom. The van der Waals surface area contributed by atoms with Crippen LogP contribution in [0.15, 0.2) is 24.3 Å². The van der Waals surface area contributed by atoms with Crippen molar-refractivity contribution >= 4 is 10.0 Å². The van der Waals surface area contributed by atoms with Gasteiger partial charge in [0.15, 0.2) is 0 Å². The summed E-state index contributed by atoms with van der Waals surface area (Å²) in [5, 5.41) is 7.92. The standard InChI is InChI=1S/C11H18N2O3S/c1-2-16-11-6-4-3-5-10(11)9-13-7-8-17(12,14)15/h3-6,13H,2,7-9H2,1H3,(H2,12,14,15). The lowest BCUT2D eigenvalue weighted by Gasteiger charge is -2.10. The van der Waals surface area contributed by atoms with Crippen LogP contribution in [-0.2, 0) is 16.6 Å². The number of para-hydroxylation sites is 1. The Morgan fingerprint density at radius 3 is 2.71 bits per heavy atom. The number of primary sulfonamides is 1. The van der Waals surface area contributed by atoms with Crippen LogP contribution in [0.4, 0.5) is 0 Å². The van der Waals surface area contributed by atoms with Crippen molar-refractivity contribution in [2.75, 3.05) is 18.9 Å². The molecule has 0 atom stereocenters. The lowest BCUT2D eigenvalue weighted by molar-refractivity contribution is 0.335. The predicted molar refractivity (Wildman–Crippen MR) is 67.3 cm³/mol. The maximum atomic E-state index is 10.7. The number of nitrogens with two attached hydrogens (primary N) is 1. The molecule has 0 saturated carbocycles. The van der Waals surface area contributed by atoms with E-state index in [1.165, 1.54) is 0 Å². The molecule has 1 rings (SSSR count). The molecule has 0 bridgehead atoms. The molecule has 0 spiro atoms. The van der Waals surface area contributed by atoms with Crippen molar-refractivity contribution < 1.29 is 13.2 Å². The van der Waals surface area contributed by atoms with Crippen LogP contribution in [0.5, 0.6) is 5.75 Å². The van der Waals surface area contributed by atoms with Crippen molar-refractivity contribution in [2.45, 2.75) is 13.5 Å². The van der Waals surface area contributed by atoms with Crippen LogP contribution in [0.3, 0.4) is 0 Å². The lowest BCUT2D eigenvalue weighted by Crippen LogP contribution is -2.26. The first-order valence-corrected chi connectivity index (χ1v) is 7.16. The number of nitrogens with one attached hydrogen (secondary N) is 1. The Bertz CT molecular complexity index is 446. The zero-order valence-electron chi connectivity index (χ0n) is 9.85. The SMILES string of the molecule is CCOc1ccccc1CNCCS(N)(=O)=O. The Balaban J connectivity index is 2.46. The van der Waals surface area contributed by atoms with Crippen LogP contribution in [0, 0.1) is 0 Å². The Kier molecular flexibility index (Phi) is 5.40. The van der Waals surface area contributed by atoms with Gasteiger partial charge in [-0.1, -0.05) is 18.2 Å². The molecule has 0 aliphatic carbocycles. The summed E-state index contributed by atoms with van der Waals surface area (Å²) in [5.41, 5.74) is 1.00. The monoisotopic (exact) mass is 258 g/mol. The van der Waals surface area contributed by atoms with E-state index in [1.807, 2.05) is 31.2 Å². The number of rotatable bonds is 7. The molecule has 0 amide bonds. The third kappa shape index (κ3) is 5.67. The van der Waals surface area contributed by atoms with Crippen LogP contribution in [0.2, 0.25) is 0 Å². The summed E-state index contributed by atoms with van der Waals surface area (Å²) in [6.07, 6.45) is 0. The van der Waals surface area contributed by atoms with E-state index in [0.29, 0.717) is 19.7 Å². The molecule has 0 saturated heterocycles. The highest BCUT2D eigenvalue weighted by atomic mass is 32.2. The Labute approximate surface area is 102 Å². The molecule has 1 aromatic rings. The molecule has 5 nitrogen and oxygen atoms in total. The van der Waals surface area contributed by atoms with Gasteiger partial charge in [0.2, 0.25) is 10.0 Å². The number of hydrogen-bond acceptors (Lipinski definition) is 4. The third-order valence-electron chi connectivity index (χ3n) is 2.15. The molecule has 3 N–H and O–H groups in total. The van der Waals surface area contributed by atoms with Gasteiger partial charge in [-0.2, -0.15) is 0 Å². The van der Waals surface area contributed by atoms with Gasteiger partial charge in [0.1, 0.15) is 5.75 Å².